The molecule has 19 radical (unpaired) electrons. The van der Waals surface area contributed by atoms with Crippen molar-refractivity contribution in [3.05, 3.63) is 111 Å². The van der Waals surface area contributed by atoms with E-state index in [1.165, 1.54) is 55.7 Å². The first-order valence-electron chi connectivity index (χ1n) is 27.9. The van der Waals surface area contributed by atoms with E-state index in [1.807, 2.05) is 4.90 Å². The fourth-order valence-electron chi connectivity index (χ4n) is 13.3. The Hall–Kier alpha value is -5.35. The molecule has 3 nitrogen and oxygen atoms in total. The Bertz CT molecular complexity index is 3780. The van der Waals surface area contributed by atoms with Crippen LogP contribution >= 0.6 is 0 Å². The van der Waals surface area contributed by atoms with Gasteiger partial charge in [-0.1, -0.05) is 154 Å². The monoisotopic (exact) mass is 1010 g/mol. The molecule has 3 aliphatic heterocycles. The molecule has 0 saturated heterocycles. The van der Waals surface area contributed by atoms with Gasteiger partial charge in [0.2, 0.25) is 0 Å². The van der Waals surface area contributed by atoms with Crippen molar-refractivity contribution < 1.29 is 0 Å². The van der Waals surface area contributed by atoms with Crippen LogP contribution in [0, 0.1) is 20.8 Å². The van der Waals surface area contributed by atoms with E-state index in [0.29, 0.717) is 16.8 Å². The van der Waals surface area contributed by atoms with Crippen LogP contribution < -0.4 is 91.2 Å². The van der Waals surface area contributed by atoms with E-state index < -0.39 is 0 Å². The van der Waals surface area contributed by atoms with E-state index in [4.69, 9.17) is 70.6 Å². The molecule has 0 saturated carbocycles. The van der Waals surface area contributed by atoms with Gasteiger partial charge in [-0.15, -0.1) is 32.8 Å². The second kappa shape index (κ2) is 18.1. The highest BCUT2D eigenvalue weighted by molar-refractivity contribution is 7.00. The van der Waals surface area contributed by atoms with E-state index in [-0.39, 0.29) is 88.6 Å². The first-order valence-corrected chi connectivity index (χ1v) is 27.9. The molecule has 11 rings (SSSR count). The number of hydrogen-bond acceptors (Lipinski definition) is 3. The third kappa shape index (κ3) is 8.33. The Labute approximate surface area is 486 Å². The molecule has 14 heteroatoms. The summed E-state index contributed by atoms with van der Waals surface area (Å²) in [5, 5.41) is 0. The lowest BCUT2D eigenvalue weighted by atomic mass is 9.33. The summed E-state index contributed by atoms with van der Waals surface area (Å²) in [6, 6.07) is 26.1. The molecule has 1 aliphatic carbocycles. The van der Waals surface area contributed by atoms with Gasteiger partial charge in [-0.05, 0) is 152 Å². The summed E-state index contributed by atoms with van der Waals surface area (Å²) in [4.78, 5) is 7.02. The zero-order chi connectivity index (χ0) is 57.6. The van der Waals surface area contributed by atoms with Gasteiger partial charge < -0.3 is 14.7 Å². The minimum absolute atomic E-state index is 0.0466. The van der Waals surface area contributed by atoms with Gasteiger partial charge in [0, 0.05) is 45.5 Å². The van der Waals surface area contributed by atoms with Crippen LogP contribution in [0.1, 0.15) is 147 Å². The second-order valence-electron chi connectivity index (χ2n) is 27.8. The standard InChI is InChI=1S/C65H63B11N3/c1-30-21-33(61(4,5)6)22-31(2)57(30)78-43-29-38-37(64(13,14)19-20-65(38,15)16)28-41(43)76-40-18-17-36-27-42(40)79(45-26-35(63(10,11)12)25-44(78)56(45)76)58-32(3)23-34(62(7,8)9)24-39(58)75-55-51(71)47(67)50(70)54(74)60(55)77(36)59-52(72)48(68)46(66)49(69)53(59)73/h17-18,21-29H,19-20H2,1-16H3. The molecule has 371 valence electrons. The fraction of sp³-hybridized carbons (Fsp3) is 0.354. The van der Waals surface area contributed by atoms with Gasteiger partial charge in [0.15, 0.2) is 7.28 Å². The van der Waals surface area contributed by atoms with Crippen LogP contribution in [0.4, 0.5) is 51.2 Å². The quantitative estimate of drug-likeness (QED) is 0.246. The number of aryl methyl sites for hydroxylation is 3. The number of rotatable bonds is 2. The highest BCUT2D eigenvalue weighted by Gasteiger charge is 2.48. The van der Waals surface area contributed by atoms with Crippen LogP contribution in [-0.4, -0.2) is 84.6 Å². The van der Waals surface area contributed by atoms with Gasteiger partial charge in [0.05, 0.1) is 5.69 Å². The molecule has 7 aromatic carbocycles. The van der Waals surface area contributed by atoms with Gasteiger partial charge in [-0.3, -0.25) is 0 Å². The van der Waals surface area contributed by atoms with E-state index in [2.05, 4.69) is 195 Å². The largest absolute Gasteiger partial charge is 0.313 e. The maximum Gasteiger partial charge on any atom is 0.252 e. The molecule has 7 aromatic rings. The van der Waals surface area contributed by atoms with Crippen molar-refractivity contribution in [1.82, 2.24) is 0 Å². The first kappa shape index (κ1) is 55.6. The molecule has 0 fully saturated rings. The maximum atomic E-state index is 7.31. The van der Waals surface area contributed by atoms with Crippen LogP contribution in [-0.2, 0) is 27.1 Å². The zero-order valence-electron chi connectivity index (χ0n) is 49.5. The molecule has 0 N–H and O–H groups in total. The average molecular weight is 1010 g/mol. The van der Waals surface area contributed by atoms with Crippen molar-refractivity contribution in [3.63, 3.8) is 0 Å². The molecular weight excluding hydrogens is 942 g/mol. The number of benzene rings is 7. The molecule has 0 amide bonds. The zero-order valence-corrected chi connectivity index (χ0v) is 49.5. The van der Waals surface area contributed by atoms with Gasteiger partial charge in [-0.2, -0.15) is 0 Å². The van der Waals surface area contributed by atoms with Crippen LogP contribution in [0.5, 0.6) is 0 Å². The lowest BCUT2D eigenvalue weighted by Crippen LogP contribution is -2.63. The maximum absolute atomic E-state index is 7.31. The smallest absolute Gasteiger partial charge is 0.252 e. The summed E-state index contributed by atoms with van der Waals surface area (Å²) in [7, 11) is 64.8. The van der Waals surface area contributed by atoms with Gasteiger partial charge >= 0.3 is 0 Å². The van der Waals surface area contributed by atoms with Crippen LogP contribution in [0.2, 0.25) is 0 Å². The molecular formula is C65H63B11N3. The fourth-order valence-corrected chi connectivity index (χ4v) is 13.3. The van der Waals surface area contributed by atoms with E-state index in [0.717, 1.165) is 57.6 Å². The number of nitrogens with zero attached hydrogens (tertiary/aromatic N) is 3. The third-order valence-electron chi connectivity index (χ3n) is 18.2. The minimum atomic E-state index is -0.280. The van der Waals surface area contributed by atoms with Gasteiger partial charge in [0.25, 0.3) is 6.71 Å². The van der Waals surface area contributed by atoms with E-state index in [9.17, 15) is 0 Å². The summed E-state index contributed by atoms with van der Waals surface area (Å²) in [6.45, 7) is 36.8. The van der Waals surface area contributed by atoms with Crippen molar-refractivity contribution in [2.45, 2.75) is 151 Å². The molecule has 79 heavy (non-hydrogen) atoms. The Morgan fingerprint density at radius 1 is 0.418 bits per heavy atom. The summed E-state index contributed by atoms with van der Waals surface area (Å²) in [6.07, 6.45) is 2.16. The Morgan fingerprint density at radius 3 is 1.35 bits per heavy atom. The first-order chi connectivity index (χ1) is 36.6. The predicted octanol–water partition coefficient (Wildman–Crippen LogP) is 3.52. The normalized spacial score (nSPS) is 15.9. The van der Waals surface area contributed by atoms with E-state index >= 15 is 0 Å². The van der Waals surface area contributed by atoms with Crippen molar-refractivity contribution in [3.8, 4) is 0 Å². The van der Waals surface area contributed by atoms with Crippen molar-refractivity contribution in [1.29, 1.82) is 0 Å². The summed E-state index contributed by atoms with van der Waals surface area (Å²) >= 11 is 0. The highest BCUT2D eigenvalue weighted by Crippen LogP contribution is 2.53. The SMILES string of the molecule is [B]c1c([B])c([B])c(N2c3ccc4c(c3)N(c3cc(C(C)(C)C)cc5c3B4c3cc4c(cc3N5c3c(C)cc(C(C)(C)C)cc3C)C(C)(C)CCC4(C)C)c3c(C)cc(C(C)(C)C)cc3[B]c3c([B])c([B])c([B])c([B])c32)c([B])c1[B]. The third-order valence-corrected chi connectivity index (χ3v) is 18.2. The summed E-state index contributed by atoms with van der Waals surface area (Å²) in [5.41, 5.74) is 23.3. The Balaban J connectivity index is 1.36. The Kier molecular flexibility index (Phi) is 12.7. The molecule has 0 atom stereocenters. The molecule has 0 spiro atoms. The topological polar surface area (TPSA) is 9.72 Å². The minimum Gasteiger partial charge on any atom is -0.313 e. The number of hydrogen-bond donors (Lipinski definition) is 0. The van der Waals surface area contributed by atoms with Crippen molar-refractivity contribution in [2.75, 3.05) is 14.7 Å². The van der Waals surface area contributed by atoms with Crippen LogP contribution in [0.25, 0.3) is 0 Å². The van der Waals surface area contributed by atoms with Crippen LogP contribution in [0.3, 0.4) is 0 Å². The molecule has 3 heterocycles. The number of anilines is 9. The second-order valence-corrected chi connectivity index (χ2v) is 27.8. The summed E-state index contributed by atoms with van der Waals surface area (Å²) < 4.78 is 0. The number of fused-ring (bicyclic) bond motifs is 9. The molecule has 0 unspecified atom stereocenters. The average Bonchev–Trinajstić information content (AvgIpc) is 3.57. The van der Waals surface area contributed by atoms with Gasteiger partial charge in [-0.25, -0.2) is 0 Å². The molecule has 2 bridgehead atoms. The van der Waals surface area contributed by atoms with E-state index in [1.54, 1.807) is 0 Å². The summed E-state index contributed by atoms with van der Waals surface area (Å²) in [5.74, 6) is 0. The predicted molar refractivity (Wildman–Crippen MR) is 354 cm³/mol. The van der Waals surface area contributed by atoms with Crippen molar-refractivity contribution in [2.24, 2.45) is 0 Å². The lowest BCUT2D eigenvalue weighted by molar-refractivity contribution is 0.332. The highest BCUT2D eigenvalue weighted by atomic mass is 15.2. The van der Waals surface area contributed by atoms with Crippen LogP contribution in [0.15, 0.2) is 66.7 Å². The Morgan fingerprint density at radius 2 is 0.835 bits per heavy atom. The van der Waals surface area contributed by atoms with Gasteiger partial charge in [0.1, 0.15) is 70.6 Å². The van der Waals surface area contributed by atoms with Crippen molar-refractivity contribution >= 4 is 212 Å². The molecule has 4 aliphatic rings. The lowest BCUT2D eigenvalue weighted by Gasteiger charge is -2.49. The molecule has 0 aromatic heterocycles.